The first kappa shape index (κ1) is 17.0. The third-order valence-corrected chi connectivity index (χ3v) is 6.88. The van der Waals surface area contributed by atoms with E-state index < -0.39 is 10.0 Å². The van der Waals surface area contributed by atoms with Crippen molar-refractivity contribution in [3.63, 3.8) is 0 Å². The van der Waals surface area contributed by atoms with Gasteiger partial charge in [-0.2, -0.15) is 4.31 Å². The Morgan fingerprint density at radius 3 is 2.29 bits per heavy atom. The molecule has 0 saturated carbocycles. The van der Waals surface area contributed by atoms with Gasteiger partial charge in [0, 0.05) is 17.1 Å². The molecule has 0 bridgehead atoms. The van der Waals surface area contributed by atoms with Crippen LogP contribution in [0.25, 0.3) is 0 Å². The van der Waals surface area contributed by atoms with Gasteiger partial charge < -0.3 is 5.11 Å². The molecule has 1 aliphatic heterocycles. The molecule has 0 aliphatic carbocycles. The van der Waals surface area contributed by atoms with E-state index in [1.165, 1.54) is 16.4 Å². The first-order chi connectivity index (χ1) is 9.78. The smallest absolute Gasteiger partial charge is 0.245 e. The first-order valence-electron chi connectivity index (χ1n) is 6.91. The monoisotopic (exact) mass is 351 g/mol. The lowest BCUT2D eigenvalue weighted by atomic mass is 10.0. The van der Waals surface area contributed by atoms with Crippen molar-refractivity contribution in [2.45, 2.75) is 56.7 Å². The van der Waals surface area contributed by atoms with Crippen molar-refractivity contribution in [3.05, 3.63) is 27.7 Å². The van der Waals surface area contributed by atoms with Gasteiger partial charge in [0.05, 0.1) is 11.6 Å². The Kier molecular flexibility index (Phi) is 5.21. The van der Waals surface area contributed by atoms with Crippen LogP contribution in [-0.2, 0) is 16.6 Å². The molecule has 1 saturated heterocycles. The zero-order chi connectivity index (χ0) is 15.8. The summed E-state index contributed by atoms with van der Waals surface area (Å²) in [7, 11) is -3.71. The zero-order valence-corrected chi connectivity index (χ0v) is 14.3. The maximum absolute atomic E-state index is 12.9. The van der Waals surface area contributed by atoms with Crippen LogP contribution in [0.3, 0.4) is 0 Å². The highest BCUT2D eigenvalue weighted by molar-refractivity contribution is 7.89. The highest BCUT2D eigenvalue weighted by Crippen LogP contribution is 2.35. The van der Waals surface area contributed by atoms with Crippen molar-refractivity contribution in [3.8, 4) is 0 Å². The maximum atomic E-state index is 12.9. The van der Waals surface area contributed by atoms with Gasteiger partial charge in [0.15, 0.2) is 0 Å². The molecule has 1 heterocycles. The number of sulfonamides is 1. The van der Waals surface area contributed by atoms with E-state index in [1.807, 2.05) is 13.8 Å². The van der Waals surface area contributed by atoms with Crippen LogP contribution >= 0.6 is 23.2 Å². The van der Waals surface area contributed by atoms with Crippen LogP contribution in [0.15, 0.2) is 17.0 Å². The molecule has 1 fully saturated rings. The lowest BCUT2D eigenvalue weighted by molar-refractivity contribution is 0.204. The molecule has 0 radical (unpaired) electrons. The van der Waals surface area contributed by atoms with Crippen molar-refractivity contribution in [2.24, 2.45) is 0 Å². The highest BCUT2D eigenvalue weighted by atomic mass is 35.5. The van der Waals surface area contributed by atoms with E-state index in [1.54, 1.807) is 0 Å². The molecule has 2 atom stereocenters. The SMILES string of the molecule is CC1CCCC(C)N1S(=O)(=O)c1cc(CO)c(Cl)cc1Cl. The summed E-state index contributed by atoms with van der Waals surface area (Å²) in [6.45, 7) is 3.48. The van der Waals surface area contributed by atoms with E-state index in [0.29, 0.717) is 5.56 Å². The minimum atomic E-state index is -3.71. The molecule has 2 unspecified atom stereocenters. The predicted octanol–water partition coefficient (Wildman–Crippen LogP) is 3.44. The number of rotatable bonds is 3. The van der Waals surface area contributed by atoms with Crippen LogP contribution in [0, 0.1) is 0 Å². The molecule has 21 heavy (non-hydrogen) atoms. The second-order valence-electron chi connectivity index (χ2n) is 5.50. The summed E-state index contributed by atoms with van der Waals surface area (Å²) in [5.74, 6) is 0. The fraction of sp³-hybridized carbons (Fsp3) is 0.571. The summed E-state index contributed by atoms with van der Waals surface area (Å²) in [4.78, 5) is 0.0122. The molecular weight excluding hydrogens is 333 g/mol. The molecule has 2 rings (SSSR count). The van der Waals surface area contributed by atoms with E-state index in [2.05, 4.69) is 0 Å². The Morgan fingerprint density at radius 1 is 1.19 bits per heavy atom. The van der Waals surface area contributed by atoms with Crippen LogP contribution in [0.1, 0.15) is 38.7 Å². The summed E-state index contributed by atoms with van der Waals surface area (Å²) in [6.07, 6.45) is 2.69. The third-order valence-electron chi connectivity index (χ3n) is 3.94. The van der Waals surface area contributed by atoms with Gasteiger partial charge in [0.2, 0.25) is 10.0 Å². The van der Waals surface area contributed by atoms with Crippen LogP contribution < -0.4 is 0 Å². The van der Waals surface area contributed by atoms with Gasteiger partial charge in [-0.25, -0.2) is 8.42 Å². The summed E-state index contributed by atoms with van der Waals surface area (Å²) in [5.41, 5.74) is 0.358. The average Bonchev–Trinajstić information content (AvgIpc) is 2.38. The standard InChI is InChI=1S/C14H19Cl2NO3S/c1-9-4-3-5-10(2)17(9)21(19,20)14-6-11(8-18)12(15)7-13(14)16/h6-7,9-10,18H,3-5,8H2,1-2H3. The maximum Gasteiger partial charge on any atom is 0.245 e. The van der Waals surface area contributed by atoms with Gasteiger partial charge in [-0.3, -0.25) is 0 Å². The van der Waals surface area contributed by atoms with E-state index in [4.69, 9.17) is 23.2 Å². The second-order valence-corrected chi connectivity index (χ2v) is 8.12. The fourth-order valence-corrected chi connectivity index (χ4v) is 5.59. The van der Waals surface area contributed by atoms with Crippen molar-refractivity contribution in [1.29, 1.82) is 0 Å². The van der Waals surface area contributed by atoms with E-state index in [0.717, 1.165) is 19.3 Å². The predicted molar refractivity (Wildman–Crippen MR) is 84.2 cm³/mol. The van der Waals surface area contributed by atoms with Crippen molar-refractivity contribution < 1.29 is 13.5 Å². The minimum absolute atomic E-state index is 0.0122. The Morgan fingerprint density at radius 2 is 1.76 bits per heavy atom. The van der Waals surface area contributed by atoms with Crippen LogP contribution in [0.2, 0.25) is 10.0 Å². The molecule has 1 aromatic rings. The summed E-state index contributed by atoms with van der Waals surface area (Å²) in [5, 5.41) is 9.63. The average molecular weight is 352 g/mol. The number of hydrogen-bond donors (Lipinski definition) is 1. The molecule has 0 spiro atoms. The molecule has 118 valence electrons. The van der Waals surface area contributed by atoms with E-state index in [-0.39, 0.29) is 33.6 Å². The van der Waals surface area contributed by atoms with Gasteiger partial charge in [-0.1, -0.05) is 29.6 Å². The number of benzene rings is 1. The van der Waals surface area contributed by atoms with Gasteiger partial charge in [-0.05, 0) is 44.4 Å². The Hall–Kier alpha value is -0.330. The van der Waals surface area contributed by atoms with E-state index in [9.17, 15) is 13.5 Å². The van der Waals surface area contributed by atoms with Crippen molar-refractivity contribution in [2.75, 3.05) is 0 Å². The zero-order valence-electron chi connectivity index (χ0n) is 12.0. The quantitative estimate of drug-likeness (QED) is 0.907. The molecular formula is C14H19Cl2NO3S. The number of aliphatic hydroxyl groups excluding tert-OH is 1. The van der Waals surface area contributed by atoms with Crippen molar-refractivity contribution in [1.82, 2.24) is 4.31 Å². The molecule has 0 aromatic heterocycles. The van der Waals surface area contributed by atoms with Gasteiger partial charge in [0.1, 0.15) is 4.90 Å². The Labute approximate surface area is 135 Å². The Bertz CT molecular complexity index is 623. The topological polar surface area (TPSA) is 57.6 Å². The molecule has 0 amide bonds. The lowest BCUT2D eigenvalue weighted by Crippen LogP contribution is -2.47. The molecule has 1 N–H and O–H groups in total. The van der Waals surface area contributed by atoms with E-state index >= 15 is 0 Å². The van der Waals surface area contributed by atoms with Crippen LogP contribution in [-0.4, -0.2) is 29.9 Å². The normalized spacial score (nSPS) is 24.2. The number of piperidine rings is 1. The first-order valence-corrected chi connectivity index (χ1v) is 9.11. The fourth-order valence-electron chi connectivity index (χ4n) is 2.88. The van der Waals surface area contributed by atoms with Gasteiger partial charge in [-0.15, -0.1) is 0 Å². The highest BCUT2D eigenvalue weighted by Gasteiger charge is 2.37. The Balaban J connectivity index is 2.53. The summed E-state index contributed by atoms with van der Waals surface area (Å²) >= 11 is 12.0. The summed E-state index contributed by atoms with van der Waals surface area (Å²) in [6, 6.07) is 2.61. The molecule has 4 nitrogen and oxygen atoms in total. The number of hydrogen-bond acceptors (Lipinski definition) is 3. The molecule has 1 aliphatic rings. The lowest BCUT2D eigenvalue weighted by Gasteiger charge is -2.37. The second kappa shape index (κ2) is 6.42. The van der Waals surface area contributed by atoms with Crippen molar-refractivity contribution >= 4 is 33.2 Å². The van der Waals surface area contributed by atoms with Gasteiger partial charge in [0.25, 0.3) is 0 Å². The molecule has 7 heteroatoms. The van der Waals surface area contributed by atoms with Gasteiger partial charge >= 0.3 is 0 Å². The van der Waals surface area contributed by atoms with Crippen LogP contribution in [0.5, 0.6) is 0 Å². The minimum Gasteiger partial charge on any atom is -0.392 e. The molecule has 1 aromatic carbocycles. The largest absolute Gasteiger partial charge is 0.392 e. The third kappa shape index (κ3) is 3.22. The number of aliphatic hydroxyl groups is 1. The number of halogens is 2. The van der Waals surface area contributed by atoms with Crippen LogP contribution in [0.4, 0.5) is 0 Å². The summed E-state index contributed by atoms with van der Waals surface area (Å²) < 4.78 is 27.4. The number of nitrogens with zero attached hydrogens (tertiary/aromatic N) is 1.